The lowest BCUT2D eigenvalue weighted by atomic mass is 9.93. The predicted octanol–water partition coefficient (Wildman–Crippen LogP) is 5.93. The van der Waals surface area contributed by atoms with Gasteiger partial charge in [0.1, 0.15) is 17.1 Å². The van der Waals surface area contributed by atoms with Gasteiger partial charge in [-0.15, -0.1) is 0 Å². The Morgan fingerprint density at radius 3 is 2.44 bits per heavy atom. The first kappa shape index (κ1) is 23.9. The highest BCUT2D eigenvalue weighted by molar-refractivity contribution is 9.10. The minimum Gasteiger partial charge on any atom is -0.507 e. The normalized spacial score (nSPS) is 14.9. The van der Waals surface area contributed by atoms with E-state index in [1.54, 1.807) is 23.1 Å². The Bertz CT molecular complexity index is 1470. The molecular formula is C28H26BrN3O4. The fraction of sp³-hybridized carbons (Fsp3) is 0.214. The molecule has 0 saturated carbocycles. The van der Waals surface area contributed by atoms with E-state index in [0.717, 1.165) is 27.8 Å². The monoisotopic (exact) mass is 547 g/mol. The molecular weight excluding hydrogens is 522 g/mol. The van der Waals surface area contributed by atoms with Crippen LogP contribution < -0.4 is 4.74 Å². The highest BCUT2D eigenvalue weighted by Crippen LogP contribution is 2.48. The molecule has 4 aromatic rings. The van der Waals surface area contributed by atoms with Gasteiger partial charge in [0.15, 0.2) is 11.5 Å². The van der Waals surface area contributed by atoms with E-state index < -0.39 is 6.04 Å². The van der Waals surface area contributed by atoms with E-state index in [1.807, 2.05) is 51.1 Å². The quantitative estimate of drug-likeness (QED) is 0.287. The molecule has 1 aliphatic rings. The number of phenols is 2. The SMILES string of the molecule is COc1cc(C2c3c(-c4c(C)cc(C)cc4O)n[nH]c3C(=O)N2Cc2ccc(C)cc2)cc(Br)c1O. The van der Waals surface area contributed by atoms with Crippen molar-refractivity contribution >= 4 is 21.8 Å². The van der Waals surface area contributed by atoms with E-state index in [2.05, 4.69) is 26.1 Å². The number of carbonyl (C=O) groups excluding carboxylic acids is 1. The standard InChI is InChI=1S/C28H26BrN3O4/c1-14-5-7-17(8-6-14)13-32-26(18-11-19(29)27(34)21(12-18)36-4)23-24(30-31-25(23)28(32)35)22-16(3)9-15(2)10-20(22)33/h5-12,26,33-34H,13H2,1-4H3,(H,30,31). The molecule has 3 aromatic carbocycles. The molecule has 0 spiro atoms. The van der Waals surface area contributed by atoms with Crippen molar-refractivity contribution in [3.05, 3.63) is 92.1 Å². The molecule has 0 saturated heterocycles. The predicted molar refractivity (Wildman–Crippen MR) is 140 cm³/mol. The highest BCUT2D eigenvalue weighted by atomic mass is 79.9. The summed E-state index contributed by atoms with van der Waals surface area (Å²) in [6, 6.07) is 14.7. The molecule has 0 bridgehead atoms. The molecule has 7 nitrogen and oxygen atoms in total. The van der Waals surface area contributed by atoms with Gasteiger partial charge in [-0.25, -0.2) is 0 Å². The minimum atomic E-state index is -0.534. The van der Waals surface area contributed by atoms with E-state index in [0.29, 0.717) is 33.5 Å². The number of methoxy groups -OCH3 is 1. The van der Waals surface area contributed by atoms with Crippen LogP contribution in [0.15, 0.2) is 53.0 Å². The van der Waals surface area contributed by atoms with Crippen molar-refractivity contribution in [2.75, 3.05) is 7.11 Å². The summed E-state index contributed by atoms with van der Waals surface area (Å²) < 4.78 is 5.86. The maximum absolute atomic E-state index is 13.7. The zero-order valence-electron chi connectivity index (χ0n) is 20.4. The number of fused-ring (bicyclic) bond motifs is 1. The summed E-state index contributed by atoms with van der Waals surface area (Å²) in [7, 11) is 1.48. The van der Waals surface area contributed by atoms with Crippen molar-refractivity contribution in [1.29, 1.82) is 0 Å². The molecule has 3 N–H and O–H groups in total. The van der Waals surface area contributed by atoms with Crippen LogP contribution in [-0.4, -0.2) is 38.3 Å². The fourth-order valence-electron chi connectivity index (χ4n) is 4.95. The highest BCUT2D eigenvalue weighted by Gasteiger charge is 2.43. The fourth-order valence-corrected chi connectivity index (χ4v) is 5.41. The molecule has 0 radical (unpaired) electrons. The number of nitrogens with one attached hydrogen (secondary N) is 1. The Hall–Kier alpha value is -3.78. The number of nitrogens with zero attached hydrogens (tertiary/aromatic N) is 2. The molecule has 2 heterocycles. The second kappa shape index (κ2) is 9.02. The first-order valence-electron chi connectivity index (χ1n) is 11.5. The van der Waals surface area contributed by atoms with Gasteiger partial charge >= 0.3 is 0 Å². The van der Waals surface area contributed by atoms with Crippen LogP contribution in [0.2, 0.25) is 0 Å². The third-order valence-electron chi connectivity index (χ3n) is 6.62. The maximum atomic E-state index is 13.7. The number of aromatic nitrogens is 2. The van der Waals surface area contributed by atoms with Crippen molar-refractivity contribution in [1.82, 2.24) is 15.1 Å². The summed E-state index contributed by atoms with van der Waals surface area (Å²) in [6.07, 6.45) is 0. The van der Waals surface area contributed by atoms with Crippen LogP contribution in [0.4, 0.5) is 0 Å². The number of ether oxygens (including phenoxy) is 1. The van der Waals surface area contributed by atoms with Gasteiger partial charge in [0, 0.05) is 17.7 Å². The number of rotatable bonds is 5. The second-order valence-corrected chi connectivity index (χ2v) is 10.1. The van der Waals surface area contributed by atoms with E-state index in [1.165, 1.54) is 7.11 Å². The van der Waals surface area contributed by atoms with Crippen LogP contribution in [0, 0.1) is 20.8 Å². The zero-order valence-corrected chi connectivity index (χ0v) is 22.0. The lowest BCUT2D eigenvalue weighted by Gasteiger charge is -2.27. The molecule has 1 aliphatic heterocycles. The third kappa shape index (κ3) is 3.91. The second-order valence-electron chi connectivity index (χ2n) is 9.21. The number of aromatic hydroxyl groups is 2. The summed E-state index contributed by atoms with van der Waals surface area (Å²) >= 11 is 3.42. The van der Waals surface area contributed by atoms with Gasteiger partial charge < -0.3 is 19.8 Å². The number of aryl methyl sites for hydroxylation is 3. The molecule has 36 heavy (non-hydrogen) atoms. The van der Waals surface area contributed by atoms with Crippen LogP contribution in [0.25, 0.3) is 11.3 Å². The number of benzene rings is 3. The number of hydrogen-bond acceptors (Lipinski definition) is 5. The number of halogens is 1. The average molecular weight is 548 g/mol. The van der Waals surface area contributed by atoms with Crippen LogP contribution in [0.1, 0.15) is 49.9 Å². The van der Waals surface area contributed by atoms with Crippen molar-refractivity contribution < 1.29 is 19.7 Å². The van der Waals surface area contributed by atoms with E-state index in [9.17, 15) is 15.0 Å². The molecule has 8 heteroatoms. The first-order valence-corrected chi connectivity index (χ1v) is 12.3. The third-order valence-corrected chi connectivity index (χ3v) is 7.22. The molecule has 1 atom stereocenters. The van der Waals surface area contributed by atoms with Gasteiger partial charge in [-0.3, -0.25) is 9.89 Å². The van der Waals surface area contributed by atoms with Crippen molar-refractivity contribution in [2.45, 2.75) is 33.4 Å². The summed E-state index contributed by atoms with van der Waals surface area (Å²) in [5, 5.41) is 28.7. The molecule has 1 aromatic heterocycles. The zero-order chi connectivity index (χ0) is 25.7. The van der Waals surface area contributed by atoms with Crippen molar-refractivity contribution in [3.8, 4) is 28.5 Å². The molecule has 0 aliphatic carbocycles. The van der Waals surface area contributed by atoms with E-state index >= 15 is 0 Å². The summed E-state index contributed by atoms with van der Waals surface area (Å²) in [5.41, 5.74) is 6.80. The summed E-state index contributed by atoms with van der Waals surface area (Å²) in [5.74, 6) is 0.182. The Labute approximate surface area is 217 Å². The van der Waals surface area contributed by atoms with Crippen molar-refractivity contribution in [2.24, 2.45) is 0 Å². The molecule has 184 valence electrons. The van der Waals surface area contributed by atoms with Crippen LogP contribution >= 0.6 is 15.9 Å². The molecule has 0 fully saturated rings. The Morgan fingerprint density at radius 1 is 1.06 bits per heavy atom. The minimum absolute atomic E-state index is 0.0182. The van der Waals surface area contributed by atoms with E-state index in [-0.39, 0.29) is 23.2 Å². The smallest absolute Gasteiger partial charge is 0.273 e. The molecule has 1 amide bonds. The topological polar surface area (TPSA) is 98.7 Å². The Kier molecular flexibility index (Phi) is 6.00. The number of carbonyl (C=O) groups is 1. The van der Waals surface area contributed by atoms with Crippen LogP contribution in [0.3, 0.4) is 0 Å². The van der Waals surface area contributed by atoms with Crippen LogP contribution in [0.5, 0.6) is 17.2 Å². The van der Waals surface area contributed by atoms with Gasteiger partial charge in [0.05, 0.1) is 17.6 Å². The van der Waals surface area contributed by atoms with Gasteiger partial charge in [0.2, 0.25) is 0 Å². The van der Waals surface area contributed by atoms with Gasteiger partial charge in [-0.05, 0) is 77.2 Å². The average Bonchev–Trinajstić information content (AvgIpc) is 3.36. The Balaban J connectivity index is 1.72. The number of hydrogen-bond donors (Lipinski definition) is 3. The first-order chi connectivity index (χ1) is 17.2. The largest absolute Gasteiger partial charge is 0.507 e. The van der Waals surface area contributed by atoms with Gasteiger partial charge in [0.25, 0.3) is 5.91 Å². The lowest BCUT2D eigenvalue weighted by Crippen LogP contribution is -2.29. The van der Waals surface area contributed by atoms with E-state index in [4.69, 9.17) is 4.74 Å². The Morgan fingerprint density at radius 2 is 1.78 bits per heavy atom. The number of H-pyrrole nitrogens is 1. The number of phenolic OH excluding ortho intramolecular Hbond substituents is 2. The number of amides is 1. The maximum Gasteiger partial charge on any atom is 0.273 e. The lowest BCUT2D eigenvalue weighted by molar-refractivity contribution is 0.0730. The molecule has 5 rings (SSSR count). The molecule has 1 unspecified atom stereocenters. The van der Waals surface area contributed by atoms with Crippen LogP contribution in [-0.2, 0) is 6.54 Å². The van der Waals surface area contributed by atoms with Gasteiger partial charge in [-0.1, -0.05) is 35.9 Å². The summed E-state index contributed by atoms with van der Waals surface area (Å²) in [4.78, 5) is 15.5. The van der Waals surface area contributed by atoms with Gasteiger partial charge in [-0.2, -0.15) is 5.10 Å². The van der Waals surface area contributed by atoms with Crippen molar-refractivity contribution in [3.63, 3.8) is 0 Å². The number of aromatic amines is 1. The summed E-state index contributed by atoms with van der Waals surface area (Å²) in [6.45, 7) is 6.22.